The minimum Gasteiger partial charge on any atom is -0.382 e. The summed E-state index contributed by atoms with van der Waals surface area (Å²) in [5, 5.41) is 6.94. The van der Waals surface area contributed by atoms with Gasteiger partial charge in [0.2, 0.25) is 0 Å². The summed E-state index contributed by atoms with van der Waals surface area (Å²) in [6.07, 6.45) is 0. The Morgan fingerprint density at radius 2 is 1.75 bits per heavy atom. The highest BCUT2D eigenvalue weighted by atomic mass is 32.2. The number of hydrogen-bond donors (Lipinski definition) is 2. The number of benzene rings is 1. The second-order valence-corrected chi connectivity index (χ2v) is 10.7. The van der Waals surface area contributed by atoms with Crippen molar-refractivity contribution in [2.24, 2.45) is 0 Å². The van der Waals surface area contributed by atoms with Crippen LogP contribution in [0.2, 0.25) is 0 Å². The summed E-state index contributed by atoms with van der Waals surface area (Å²) in [4.78, 5) is 1.08. The highest BCUT2D eigenvalue weighted by molar-refractivity contribution is 7.93. The van der Waals surface area contributed by atoms with Crippen LogP contribution in [0.25, 0.3) is 0 Å². The zero-order chi connectivity index (χ0) is 23.7. The number of aromatic nitrogens is 2. The van der Waals surface area contributed by atoms with Crippen LogP contribution in [0, 0.1) is 16.6 Å². The van der Waals surface area contributed by atoms with Gasteiger partial charge < -0.3 is 10.6 Å². The number of nitrogens with two attached hydrogens (primary N) is 1. The Kier molecular flexibility index (Phi) is 6.36. The van der Waals surface area contributed by atoms with E-state index < -0.39 is 36.2 Å². The second-order valence-electron chi connectivity index (χ2n) is 6.76. The fraction of sp³-hybridized carbons (Fsp3) is 0.333. The first kappa shape index (κ1) is 23.8. The molecule has 0 unspecified atom stereocenters. The topological polar surface area (TPSA) is 133 Å². The lowest BCUT2D eigenvalue weighted by Gasteiger charge is -2.39. The van der Waals surface area contributed by atoms with Crippen LogP contribution in [0.5, 0.6) is 0 Å². The largest absolute Gasteiger partial charge is 0.483 e. The molecular formula is C18H19F3N6O3S2. The van der Waals surface area contributed by atoms with Crippen LogP contribution in [0.3, 0.4) is 0 Å². The van der Waals surface area contributed by atoms with Crippen molar-refractivity contribution >= 4 is 31.3 Å². The molecule has 1 aromatic carbocycles. The van der Waals surface area contributed by atoms with Gasteiger partial charge >= 0.3 is 5.51 Å². The third-order valence-electron chi connectivity index (χ3n) is 4.75. The van der Waals surface area contributed by atoms with Gasteiger partial charge in [-0.1, -0.05) is 5.92 Å². The summed E-state index contributed by atoms with van der Waals surface area (Å²) < 4.78 is 84.6. The number of halogens is 3. The Morgan fingerprint density at radius 1 is 1.09 bits per heavy atom. The number of nitrogen functional groups attached to an aromatic ring is 1. The smallest absolute Gasteiger partial charge is 0.382 e. The molecule has 172 valence electrons. The van der Waals surface area contributed by atoms with Crippen LogP contribution in [0.15, 0.2) is 46.3 Å². The molecule has 9 nitrogen and oxygen atoms in total. The number of hydrogen-bond acceptors (Lipinski definition) is 8. The number of rotatable bonds is 4. The second kappa shape index (κ2) is 8.57. The van der Waals surface area contributed by atoms with Gasteiger partial charge in [-0.15, -0.1) is 16.1 Å². The Bertz CT molecular complexity index is 1250. The van der Waals surface area contributed by atoms with Crippen LogP contribution in [-0.4, -0.2) is 58.3 Å². The van der Waals surface area contributed by atoms with Crippen molar-refractivity contribution in [3.8, 4) is 11.8 Å². The molecule has 1 fully saturated rings. The van der Waals surface area contributed by atoms with Crippen LogP contribution < -0.4 is 10.6 Å². The molecular weight excluding hydrogens is 469 g/mol. The van der Waals surface area contributed by atoms with Crippen molar-refractivity contribution in [1.82, 2.24) is 14.5 Å². The maximum Gasteiger partial charge on any atom is 0.483 e. The van der Waals surface area contributed by atoms with E-state index in [0.717, 1.165) is 12.1 Å². The molecule has 32 heavy (non-hydrogen) atoms. The minimum atomic E-state index is -5.18. The van der Waals surface area contributed by atoms with E-state index in [1.807, 2.05) is 0 Å². The van der Waals surface area contributed by atoms with Crippen LogP contribution in [-0.2, 0) is 19.8 Å². The van der Waals surface area contributed by atoms with Gasteiger partial charge in [0.25, 0.3) is 10.0 Å². The Hall–Kier alpha value is -2.89. The van der Waals surface area contributed by atoms with Crippen LogP contribution in [0.4, 0.5) is 24.7 Å². The third-order valence-corrected chi connectivity index (χ3v) is 8.09. The van der Waals surface area contributed by atoms with Gasteiger partial charge in [0.05, 0.1) is 4.90 Å². The SMILES string of the molecule is CC#C[C@H]1CN(S(=O)(=O)c2ccc(N)nn2)CCN1c1ccc([S@](=N)(=O)C(F)(F)F)cc1. The third kappa shape index (κ3) is 4.50. The number of anilines is 2. The van der Waals surface area contributed by atoms with Crippen molar-refractivity contribution in [2.45, 2.75) is 28.4 Å². The molecule has 1 saturated heterocycles. The molecule has 1 aliphatic heterocycles. The van der Waals surface area contributed by atoms with Crippen molar-refractivity contribution in [1.29, 1.82) is 4.78 Å². The molecule has 2 atom stereocenters. The molecule has 2 heterocycles. The quantitative estimate of drug-likeness (QED) is 0.628. The van der Waals surface area contributed by atoms with E-state index in [2.05, 4.69) is 22.0 Å². The zero-order valence-electron chi connectivity index (χ0n) is 16.7. The van der Waals surface area contributed by atoms with Gasteiger partial charge in [-0.05, 0) is 43.3 Å². The molecule has 3 rings (SSSR count). The highest BCUT2D eigenvalue weighted by Crippen LogP contribution is 2.32. The van der Waals surface area contributed by atoms with Crippen molar-refractivity contribution in [3.63, 3.8) is 0 Å². The summed E-state index contributed by atoms with van der Waals surface area (Å²) in [7, 11) is -8.92. The molecule has 0 aliphatic carbocycles. The Morgan fingerprint density at radius 3 is 2.28 bits per heavy atom. The van der Waals surface area contributed by atoms with Crippen LogP contribution in [0.1, 0.15) is 6.92 Å². The summed E-state index contributed by atoms with van der Waals surface area (Å²) in [6, 6.07) is 6.58. The highest BCUT2D eigenvalue weighted by Gasteiger charge is 2.43. The molecule has 3 N–H and O–H groups in total. The molecule has 1 aliphatic rings. The molecule has 0 radical (unpaired) electrons. The average Bonchev–Trinajstić information content (AvgIpc) is 2.73. The number of sulfonamides is 1. The predicted octanol–water partition coefficient (Wildman–Crippen LogP) is 1.89. The molecule has 14 heteroatoms. The number of nitrogens with one attached hydrogen (secondary N) is 1. The van der Waals surface area contributed by atoms with E-state index in [1.54, 1.807) is 11.8 Å². The van der Waals surface area contributed by atoms with E-state index in [0.29, 0.717) is 5.69 Å². The molecule has 0 bridgehead atoms. The lowest BCUT2D eigenvalue weighted by atomic mass is 10.1. The van der Waals surface area contributed by atoms with Gasteiger partial charge in [-0.2, -0.15) is 17.5 Å². The number of alkyl halides is 3. The van der Waals surface area contributed by atoms with Crippen LogP contribution >= 0.6 is 0 Å². The van der Waals surface area contributed by atoms with E-state index in [-0.39, 0.29) is 30.5 Å². The van der Waals surface area contributed by atoms with E-state index >= 15 is 0 Å². The van der Waals surface area contributed by atoms with Crippen molar-refractivity contribution < 1.29 is 25.8 Å². The Balaban J connectivity index is 1.86. The summed E-state index contributed by atoms with van der Waals surface area (Å²) in [5.74, 6) is 5.71. The predicted molar refractivity (Wildman–Crippen MR) is 111 cm³/mol. The fourth-order valence-electron chi connectivity index (χ4n) is 3.14. The lowest BCUT2D eigenvalue weighted by Crippen LogP contribution is -2.54. The molecule has 2 aromatic rings. The lowest BCUT2D eigenvalue weighted by molar-refractivity contribution is -0.0406. The maximum atomic E-state index is 12.9. The maximum absolute atomic E-state index is 12.9. The molecule has 0 amide bonds. The minimum absolute atomic E-state index is 0.0191. The van der Waals surface area contributed by atoms with Gasteiger partial charge in [-0.25, -0.2) is 17.4 Å². The summed E-state index contributed by atoms with van der Waals surface area (Å²) in [6.45, 7) is 1.82. The van der Waals surface area contributed by atoms with E-state index in [1.165, 1.54) is 28.6 Å². The van der Waals surface area contributed by atoms with Gasteiger partial charge in [-0.3, -0.25) is 0 Å². The van der Waals surface area contributed by atoms with Crippen molar-refractivity contribution in [3.05, 3.63) is 36.4 Å². The van der Waals surface area contributed by atoms with E-state index in [9.17, 15) is 25.8 Å². The molecule has 1 aromatic heterocycles. The Labute approximate surface area is 183 Å². The first-order chi connectivity index (χ1) is 14.9. The monoisotopic (exact) mass is 488 g/mol. The van der Waals surface area contributed by atoms with E-state index in [4.69, 9.17) is 10.5 Å². The summed E-state index contributed by atoms with van der Waals surface area (Å²) >= 11 is 0. The average molecular weight is 489 g/mol. The number of piperazine rings is 1. The normalized spacial score (nSPS) is 19.6. The standard InChI is InChI=1S/C18H19F3N6O3S2/c1-2-3-14-12-26(32(29,30)17-9-8-16(22)24-25-17)10-11-27(14)13-4-6-15(7-5-13)31(23,28)18(19,20)21/h4-9,14,23H,10-12H2,1H3,(H2,22,24)/t14-,31-/m0/s1. The van der Waals surface area contributed by atoms with Crippen molar-refractivity contribution in [2.75, 3.05) is 30.3 Å². The van der Waals surface area contributed by atoms with Gasteiger partial charge in [0, 0.05) is 25.3 Å². The van der Waals surface area contributed by atoms with Gasteiger partial charge in [0.1, 0.15) is 11.9 Å². The van der Waals surface area contributed by atoms with Gasteiger partial charge in [0.15, 0.2) is 14.8 Å². The molecule has 0 saturated carbocycles. The fourth-order valence-corrected chi connectivity index (χ4v) is 5.23. The molecule has 0 spiro atoms. The zero-order valence-corrected chi connectivity index (χ0v) is 18.3. The number of nitrogens with zero attached hydrogens (tertiary/aromatic N) is 4. The first-order valence-electron chi connectivity index (χ1n) is 9.11. The summed E-state index contributed by atoms with van der Waals surface area (Å²) in [5.41, 5.74) is 0.731. The first-order valence-corrected chi connectivity index (χ1v) is 12.1.